The first kappa shape index (κ1) is 12.7. The van der Waals surface area contributed by atoms with E-state index >= 15 is 0 Å². The number of alkyl halides is 2. The molecule has 1 unspecified atom stereocenters. The first-order chi connectivity index (χ1) is 6.79. The van der Waals surface area contributed by atoms with Gasteiger partial charge in [-0.2, -0.15) is 0 Å². The summed E-state index contributed by atoms with van der Waals surface area (Å²) in [6, 6.07) is 0. The van der Waals surface area contributed by atoms with Crippen molar-refractivity contribution in [1.29, 1.82) is 0 Å². The molecular weight excluding hydrogens is 194 g/mol. The van der Waals surface area contributed by atoms with Crippen molar-refractivity contribution < 1.29 is 8.78 Å². The summed E-state index contributed by atoms with van der Waals surface area (Å²) in [4.78, 5) is 0. The van der Waals surface area contributed by atoms with Crippen LogP contribution in [-0.4, -0.2) is 5.92 Å². The molecular formula is C13H22F2. The Morgan fingerprint density at radius 3 is 2.53 bits per heavy atom. The Hall–Kier alpha value is -0.400. The minimum atomic E-state index is -2.57. The average molecular weight is 216 g/mol. The topological polar surface area (TPSA) is 0 Å². The van der Waals surface area contributed by atoms with Gasteiger partial charge in [-0.1, -0.05) is 26.8 Å². The Bertz CT molecular complexity index is 223. The second-order valence-corrected chi connectivity index (χ2v) is 5.91. The van der Waals surface area contributed by atoms with Gasteiger partial charge in [0, 0.05) is 6.42 Å². The van der Waals surface area contributed by atoms with Crippen molar-refractivity contribution in [1.82, 2.24) is 0 Å². The number of rotatable bonds is 1. The van der Waals surface area contributed by atoms with Crippen LogP contribution in [0.25, 0.3) is 0 Å². The highest BCUT2D eigenvalue weighted by Crippen LogP contribution is 2.35. The summed E-state index contributed by atoms with van der Waals surface area (Å²) in [5, 5.41) is 0. The van der Waals surface area contributed by atoms with E-state index in [9.17, 15) is 8.78 Å². The Balaban J connectivity index is 2.53. The van der Waals surface area contributed by atoms with Crippen molar-refractivity contribution in [3.8, 4) is 0 Å². The molecule has 15 heavy (non-hydrogen) atoms. The summed E-state index contributed by atoms with van der Waals surface area (Å²) in [6.45, 7) is 6.54. The van der Waals surface area contributed by atoms with Crippen molar-refractivity contribution in [2.45, 2.75) is 58.8 Å². The van der Waals surface area contributed by atoms with Crippen molar-refractivity contribution in [3.63, 3.8) is 0 Å². The number of hydrogen-bond donors (Lipinski definition) is 0. The standard InChI is InChI=1S/C13H22F2/c1-12(2,3)10-11-6-4-5-8-13(14,15)9-7-11/h5,8,11H,4,6-7,9-10H2,1-3H3/b8-5-. The van der Waals surface area contributed by atoms with Gasteiger partial charge in [0.1, 0.15) is 0 Å². The van der Waals surface area contributed by atoms with Gasteiger partial charge in [-0.05, 0) is 43.1 Å². The van der Waals surface area contributed by atoms with Gasteiger partial charge < -0.3 is 0 Å². The third kappa shape index (κ3) is 5.29. The monoisotopic (exact) mass is 216 g/mol. The van der Waals surface area contributed by atoms with Crippen LogP contribution < -0.4 is 0 Å². The van der Waals surface area contributed by atoms with Crippen LogP contribution in [-0.2, 0) is 0 Å². The molecule has 0 radical (unpaired) electrons. The maximum absolute atomic E-state index is 13.2. The second kappa shape index (κ2) is 4.63. The predicted molar refractivity (Wildman–Crippen MR) is 60.1 cm³/mol. The lowest BCUT2D eigenvalue weighted by molar-refractivity contribution is 0.0333. The second-order valence-electron chi connectivity index (χ2n) is 5.91. The van der Waals surface area contributed by atoms with Crippen LogP contribution >= 0.6 is 0 Å². The molecule has 0 aromatic carbocycles. The van der Waals surface area contributed by atoms with E-state index < -0.39 is 5.92 Å². The van der Waals surface area contributed by atoms with E-state index in [-0.39, 0.29) is 11.8 Å². The molecule has 0 aromatic rings. The summed E-state index contributed by atoms with van der Waals surface area (Å²) in [6.07, 6.45) is 6.32. The van der Waals surface area contributed by atoms with Crippen molar-refractivity contribution in [3.05, 3.63) is 12.2 Å². The molecule has 0 amide bonds. The molecule has 1 atom stereocenters. The Morgan fingerprint density at radius 1 is 1.27 bits per heavy atom. The average Bonchev–Trinajstić information content (AvgIpc) is 2.03. The van der Waals surface area contributed by atoms with Gasteiger partial charge in [-0.3, -0.25) is 0 Å². The minimum Gasteiger partial charge on any atom is -0.202 e. The summed E-state index contributed by atoms with van der Waals surface area (Å²) in [5.41, 5.74) is 0.253. The molecule has 0 nitrogen and oxygen atoms in total. The highest BCUT2D eigenvalue weighted by molar-refractivity contribution is 4.97. The molecule has 88 valence electrons. The molecule has 0 N–H and O–H groups in total. The smallest absolute Gasteiger partial charge is 0.202 e. The fraction of sp³-hybridized carbons (Fsp3) is 0.846. The third-order valence-electron chi connectivity index (χ3n) is 2.89. The lowest BCUT2D eigenvalue weighted by atomic mass is 9.79. The van der Waals surface area contributed by atoms with E-state index in [0.717, 1.165) is 25.3 Å². The van der Waals surface area contributed by atoms with Gasteiger partial charge in [0.2, 0.25) is 0 Å². The molecule has 0 saturated carbocycles. The zero-order chi connectivity index (χ0) is 11.5. The predicted octanol–water partition coefficient (Wildman–Crippen LogP) is 4.80. The summed E-state index contributed by atoms with van der Waals surface area (Å²) in [5.74, 6) is -2.11. The number of allylic oxidation sites excluding steroid dienone is 2. The molecule has 0 saturated heterocycles. The highest BCUT2D eigenvalue weighted by atomic mass is 19.3. The van der Waals surface area contributed by atoms with Crippen molar-refractivity contribution in [2.75, 3.05) is 0 Å². The van der Waals surface area contributed by atoms with Crippen LogP contribution in [0.3, 0.4) is 0 Å². The van der Waals surface area contributed by atoms with Gasteiger partial charge in [0.15, 0.2) is 0 Å². The van der Waals surface area contributed by atoms with E-state index in [1.807, 2.05) is 0 Å². The maximum Gasteiger partial charge on any atom is 0.266 e. The van der Waals surface area contributed by atoms with Crippen LogP contribution in [0.5, 0.6) is 0 Å². The molecule has 1 aliphatic carbocycles. The molecule has 0 spiro atoms. The number of hydrogen-bond acceptors (Lipinski definition) is 0. The van der Waals surface area contributed by atoms with E-state index in [1.54, 1.807) is 6.08 Å². The highest BCUT2D eigenvalue weighted by Gasteiger charge is 2.28. The molecule has 1 aliphatic rings. The third-order valence-corrected chi connectivity index (χ3v) is 2.89. The Labute approximate surface area is 91.8 Å². The van der Waals surface area contributed by atoms with Crippen LogP contribution in [0.4, 0.5) is 8.78 Å². The van der Waals surface area contributed by atoms with E-state index in [4.69, 9.17) is 0 Å². The van der Waals surface area contributed by atoms with Crippen LogP contribution in [0.2, 0.25) is 0 Å². The van der Waals surface area contributed by atoms with Crippen LogP contribution in [0.15, 0.2) is 12.2 Å². The molecule has 0 aromatic heterocycles. The van der Waals surface area contributed by atoms with E-state index in [1.165, 1.54) is 0 Å². The van der Waals surface area contributed by atoms with E-state index in [2.05, 4.69) is 20.8 Å². The van der Waals surface area contributed by atoms with E-state index in [0.29, 0.717) is 12.3 Å². The fourth-order valence-corrected chi connectivity index (χ4v) is 2.28. The SMILES string of the molecule is CC(C)(C)CC1CC/C=C\C(F)(F)CC1. The maximum atomic E-state index is 13.2. The van der Waals surface area contributed by atoms with Crippen molar-refractivity contribution >= 4 is 0 Å². The molecule has 0 aliphatic heterocycles. The zero-order valence-corrected chi connectivity index (χ0v) is 10.0. The molecule has 0 bridgehead atoms. The van der Waals surface area contributed by atoms with Crippen LogP contribution in [0.1, 0.15) is 52.9 Å². The summed E-state index contributed by atoms with van der Waals surface area (Å²) >= 11 is 0. The first-order valence-electron chi connectivity index (χ1n) is 5.84. The normalized spacial score (nSPS) is 29.3. The minimum absolute atomic E-state index is 0.0181. The molecule has 0 fully saturated rings. The quantitative estimate of drug-likeness (QED) is 0.552. The number of halogens is 2. The van der Waals surface area contributed by atoms with Gasteiger partial charge >= 0.3 is 0 Å². The van der Waals surface area contributed by atoms with Gasteiger partial charge in [-0.15, -0.1) is 0 Å². The lowest BCUT2D eigenvalue weighted by Gasteiger charge is -2.28. The zero-order valence-electron chi connectivity index (χ0n) is 10.0. The Kier molecular flexibility index (Phi) is 3.91. The van der Waals surface area contributed by atoms with Crippen LogP contribution in [0, 0.1) is 11.3 Å². The van der Waals surface area contributed by atoms with Crippen molar-refractivity contribution in [2.24, 2.45) is 11.3 Å². The van der Waals surface area contributed by atoms with Gasteiger partial charge in [0.05, 0.1) is 0 Å². The fourth-order valence-electron chi connectivity index (χ4n) is 2.28. The Morgan fingerprint density at radius 2 is 1.93 bits per heavy atom. The summed E-state index contributed by atoms with van der Waals surface area (Å²) < 4.78 is 26.3. The molecule has 0 heterocycles. The summed E-state index contributed by atoms with van der Waals surface area (Å²) in [7, 11) is 0. The molecule has 1 rings (SSSR count). The largest absolute Gasteiger partial charge is 0.266 e. The first-order valence-corrected chi connectivity index (χ1v) is 5.84. The van der Waals surface area contributed by atoms with Gasteiger partial charge in [-0.25, -0.2) is 8.78 Å². The lowest BCUT2D eigenvalue weighted by Crippen LogP contribution is -2.19. The molecule has 2 heteroatoms. The van der Waals surface area contributed by atoms with Gasteiger partial charge in [0.25, 0.3) is 5.92 Å².